The molecular formula is C21H22FN3O. The molecule has 1 fully saturated rings. The Morgan fingerprint density at radius 1 is 1.19 bits per heavy atom. The predicted molar refractivity (Wildman–Crippen MR) is 101 cm³/mol. The van der Waals surface area contributed by atoms with Gasteiger partial charge in [-0.2, -0.15) is 0 Å². The fraction of sp³-hybridized carbons (Fsp3) is 0.333. The second-order valence-electron chi connectivity index (χ2n) is 7.20. The number of piperidine rings is 1. The largest absolute Gasteiger partial charge is 0.306 e. The van der Waals surface area contributed by atoms with E-state index in [9.17, 15) is 9.18 Å². The number of nitrogens with zero attached hydrogens (tertiary/aromatic N) is 2. The second kappa shape index (κ2) is 7.00. The molecular weight excluding hydrogens is 329 g/mol. The van der Waals surface area contributed by atoms with E-state index in [0.717, 1.165) is 19.0 Å². The highest BCUT2D eigenvalue weighted by atomic mass is 19.1. The predicted octanol–water partition coefficient (Wildman–Crippen LogP) is 3.96. The van der Waals surface area contributed by atoms with E-state index < -0.39 is 0 Å². The molecule has 26 heavy (non-hydrogen) atoms. The highest BCUT2D eigenvalue weighted by molar-refractivity contribution is 5.79. The molecule has 1 saturated heterocycles. The van der Waals surface area contributed by atoms with Crippen molar-refractivity contribution in [3.8, 4) is 11.4 Å². The number of hydrogen-bond donors (Lipinski definition) is 1. The number of aromatic nitrogens is 2. The van der Waals surface area contributed by atoms with Gasteiger partial charge in [0, 0.05) is 17.7 Å². The van der Waals surface area contributed by atoms with Crippen LogP contribution in [-0.4, -0.2) is 28.0 Å². The fourth-order valence-electron chi connectivity index (χ4n) is 3.51. The van der Waals surface area contributed by atoms with Crippen molar-refractivity contribution in [2.24, 2.45) is 5.92 Å². The zero-order chi connectivity index (χ0) is 18.1. The molecule has 4 nitrogen and oxygen atoms in total. The Labute approximate surface area is 151 Å². The number of aromatic amines is 1. The minimum Gasteiger partial charge on any atom is -0.306 e. The summed E-state index contributed by atoms with van der Waals surface area (Å²) in [5.74, 6) is 0.900. The van der Waals surface area contributed by atoms with E-state index in [4.69, 9.17) is 0 Å². The molecule has 5 heteroatoms. The normalized spacial score (nSPS) is 16.2. The van der Waals surface area contributed by atoms with Crippen LogP contribution < -0.4 is 5.56 Å². The molecule has 134 valence electrons. The molecule has 3 aromatic rings. The molecule has 0 atom stereocenters. The fourth-order valence-corrected chi connectivity index (χ4v) is 3.51. The summed E-state index contributed by atoms with van der Waals surface area (Å²) >= 11 is 0. The van der Waals surface area contributed by atoms with Gasteiger partial charge < -0.3 is 4.98 Å². The SMILES string of the molecule is CC1CCN(Cc2ccc(-c3nc4ccccc4c(=O)[nH]3)cc2F)CC1. The molecule has 1 aliphatic rings. The van der Waals surface area contributed by atoms with E-state index in [-0.39, 0.29) is 11.4 Å². The highest BCUT2D eigenvalue weighted by Gasteiger charge is 2.17. The molecule has 0 bridgehead atoms. The number of halogens is 1. The lowest BCUT2D eigenvalue weighted by Gasteiger charge is -2.30. The van der Waals surface area contributed by atoms with Crippen LogP contribution in [0.2, 0.25) is 0 Å². The Morgan fingerprint density at radius 2 is 1.96 bits per heavy atom. The Morgan fingerprint density at radius 3 is 2.73 bits per heavy atom. The van der Waals surface area contributed by atoms with Gasteiger partial charge in [0.1, 0.15) is 11.6 Å². The van der Waals surface area contributed by atoms with Crippen molar-refractivity contribution >= 4 is 10.9 Å². The van der Waals surface area contributed by atoms with Crippen molar-refractivity contribution in [2.45, 2.75) is 26.3 Å². The second-order valence-corrected chi connectivity index (χ2v) is 7.20. The minimum absolute atomic E-state index is 0.211. The first-order chi connectivity index (χ1) is 12.6. The summed E-state index contributed by atoms with van der Waals surface area (Å²) in [7, 11) is 0. The van der Waals surface area contributed by atoms with Crippen molar-refractivity contribution in [1.29, 1.82) is 0 Å². The summed E-state index contributed by atoms with van der Waals surface area (Å²) < 4.78 is 14.6. The van der Waals surface area contributed by atoms with Crippen molar-refractivity contribution in [3.63, 3.8) is 0 Å². The number of rotatable bonds is 3. The van der Waals surface area contributed by atoms with Gasteiger partial charge in [-0.15, -0.1) is 0 Å². The van der Waals surface area contributed by atoms with Crippen LogP contribution in [0.1, 0.15) is 25.3 Å². The lowest BCUT2D eigenvalue weighted by Crippen LogP contribution is -2.32. The van der Waals surface area contributed by atoms with Crippen LogP contribution in [0.5, 0.6) is 0 Å². The maximum atomic E-state index is 14.6. The summed E-state index contributed by atoms with van der Waals surface area (Å²) in [5.41, 5.74) is 1.67. The summed E-state index contributed by atoms with van der Waals surface area (Å²) in [5, 5.41) is 0.535. The molecule has 0 spiro atoms. The molecule has 0 saturated carbocycles. The van der Waals surface area contributed by atoms with Crippen molar-refractivity contribution in [2.75, 3.05) is 13.1 Å². The average Bonchev–Trinajstić information content (AvgIpc) is 2.65. The highest BCUT2D eigenvalue weighted by Crippen LogP contribution is 2.23. The van der Waals surface area contributed by atoms with E-state index in [0.29, 0.717) is 34.4 Å². The smallest absolute Gasteiger partial charge is 0.259 e. The van der Waals surface area contributed by atoms with Crippen LogP contribution in [0.3, 0.4) is 0 Å². The van der Waals surface area contributed by atoms with Gasteiger partial charge in [-0.05, 0) is 50.0 Å². The van der Waals surface area contributed by atoms with Gasteiger partial charge in [-0.25, -0.2) is 9.37 Å². The zero-order valence-corrected chi connectivity index (χ0v) is 14.8. The Balaban J connectivity index is 1.61. The minimum atomic E-state index is -0.253. The first-order valence-electron chi connectivity index (χ1n) is 9.10. The molecule has 2 heterocycles. The number of para-hydroxylation sites is 1. The summed E-state index contributed by atoms with van der Waals surface area (Å²) in [6.45, 7) is 4.92. The third kappa shape index (κ3) is 3.40. The summed E-state index contributed by atoms with van der Waals surface area (Å²) in [6, 6.07) is 12.3. The van der Waals surface area contributed by atoms with Gasteiger partial charge in [0.05, 0.1) is 10.9 Å². The van der Waals surface area contributed by atoms with Crippen LogP contribution in [0.25, 0.3) is 22.3 Å². The van der Waals surface area contributed by atoms with Crippen molar-refractivity contribution in [1.82, 2.24) is 14.9 Å². The van der Waals surface area contributed by atoms with E-state index in [2.05, 4.69) is 21.8 Å². The monoisotopic (exact) mass is 351 g/mol. The molecule has 2 aromatic carbocycles. The van der Waals surface area contributed by atoms with E-state index in [1.54, 1.807) is 24.3 Å². The first kappa shape index (κ1) is 16.9. The molecule has 0 aliphatic carbocycles. The maximum Gasteiger partial charge on any atom is 0.259 e. The quantitative estimate of drug-likeness (QED) is 0.777. The molecule has 1 aliphatic heterocycles. The van der Waals surface area contributed by atoms with Gasteiger partial charge in [0.2, 0.25) is 0 Å². The van der Waals surface area contributed by atoms with Crippen LogP contribution in [0.4, 0.5) is 4.39 Å². The topological polar surface area (TPSA) is 49.0 Å². The summed E-state index contributed by atoms with van der Waals surface area (Å²) in [6.07, 6.45) is 2.34. The van der Waals surface area contributed by atoms with Crippen LogP contribution in [0, 0.1) is 11.7 Å². The third-order valence-electron chi connectivity index (χ3n) is 5.21. The number of likely N-dealkylation sites (tertiary alicyclic amines) is 1. The maximum absolute atomic E-state index is 14.6. The van der Waals surface area contributed by atoms with Gasteiger partial charge in [0.15, 0.2) is 0 Å². The average molecular weight is 351 g/mol. The number of H-pyrrole nitrogens is 1. The van der Waals surface area contributed by atoms with Crippen molar-refractivity contribution < 1.29 is 4.39 Å². The molecule has 0 radical (unpaired) electrons. The number of nitrogens with one attached hydrogen (secondary N) is 1. The zero-order valence-electron chi connectivity index (χ0n) is 14.8. The Bertz CT molecular complexity index is 990. The van der Waals surface area contributed by atoms with E-state index >= 15 is 0 Å². The molecule has 0 unspecified atom stereocenters. The molecule has 1 N–H and O–H groups in total. The number of benzene rings is 2. The summed E-state index contributed by atoms with van der Waals surface area (Å²) in [4.78, 5) is 21.7. The number of fused-ring (bicyclic) bond motifs is 1. The van der Waals surface area contributed by atoms with Gasteiger partial charge in [-0.1, -0.05) is 31.2 Å². The standard InChI is InChI=1S/C21H22FN3O/c1-14-8-10-25(11-9-14)13-16-7-6-15(12-18(16)22)20-23-19-5-3-2-4-17(19)21(26)24-20/h2-7,12,14H,8-11,13H2,1H3,(H,23,24,26). The molecule has 4 rings (SSSR count). The number of hydrogen-bond acceptors (Lipinski definition) is 3. The first-order valence-corrected chi connectivity index (χ1v) is 9.10. The lowest BCUT2D eigenvalue weighted by molar-refractivity contribution is 0.183. The van der Waals surface area contributed by atoms with Crippen LogP contribution in [0.15, 0.2) is 47.3 Å². The Kier molecular flexibility index (Phi) is 4.55. The Hall–Kier alpha value is -2.53. The molecule has 1 aromatic heterocycles. The van der Waals surface area contributed by atoms with E-state index in [1.807, 2.05) is 12.1 Å². The molecule has 0 amide bonds. The van der Waals surface area contributed by atoms with Gasteiger partial charge >= 0.3 is 0 Å². The van der Waals surface area contributed by atoms with Crippen LogP contribution >= 0.6 is 0 Å². The van der Waals surface area contributed by atoms with Crippen LogP contribution in [-0.2, 0) is 6.54 Å². The third-order valence-corrected chi connectivity index (χ3v) is 5.21. The van der Waals surface area contributed by atoms with Gasteiger partial charge in [-0.3, -0.25) is 9.69 Å². The van der Waals surface area contributed by atoms with Gasteiger partial charge in [0.25, 0.3) is 5.56 Å². The van der Waals surface area contributed by atoms with Crippen molar-refractivity contribution in [3.05, 3.63) is 64.2 Å². The lowest BCUT2D eigenvalue weighted by atomic mass is 9.98. The van der Waals surface area contributed by atoms with E-state index in [1.165, 1.54) is 18.9 Å².